The van der Waals surface area contributed by atoms with Crippen molar-refractivity contribution < 1.29 is 9.53 Å². The lowest BCUT2D eigenvalue weighted by atomic mass is 10.0. The smallest absolute Gasteiger partial charge is 0.305 e. The Hall–Kier alpha value is -0.530. The fourth-order valence-electron chi connectivity index (χ4n) is 3.09. The molecule has 0 heterocycles. The van der Waals surface area contributed by atoms with E-state index in [1.807, 2.05) is 0 Å². The second kappa shape index (κ2) is 18.8. The summed E-state index contributed by atoms with van der Waals surface area (Å²) in [6, 6.07) is 0. The molecule has 0 spiro atoms. The zero-order valence-corrected chi connectivity index (χ0v) is 16.9. The summed E-state index contributed by atoms with van der Waals surface area (Å²) in [4.78, 5) is 11.7. The van der Waals surface area contributed by atoms with Crippen molar-refractivity contribution in [2.24, 2.45) is 5.92 Å². The first-order valence-corrected chi connectivity index (χ1v) is 10.9. The summed E-state index contributed by atoms with van der Waals surface area (Å²) in [5, 5.41) is 0. The molecule has 0 aliphatic heterocycles. The molecular weight excluding hydrogens is 296 g/mol. The van der Waals surface area contributed by atoms with Gasteiger partial charge in [-0.1, -0.05) is 111 Å². The second-order valence-electron chi connectivity index (χ2n) is 7.36. The summed E-state index contributed by atoms with van der Waals surface area (Å²) >= 11 is 0. The van der Waals surface area contributed by atoms with Gasteiger partial charge in [0.25, 0.3) is 0 Å². The summed E-state index contributed by atoms with van der Waals surface area (Å²) in [6.07, 6.45) is 20.2. The van der Waals surface area contributed by atoms with Gasteiger partial charge in [-0.05, 0) is 12.3 Å². The molecule has 0 saturated carbocycles. The third-order valence-corrected chi connectivity index (χ3v) is 5.12. The second-order valence-corrected chi connectivity index (χ2v) is 7.36. The van der Waals surface area contributed by atoms with E-state index in [0.29, 0.717) is 18.9 Å². The van der Waals surface area contributed by atoms with E-state index in [2.05, 4.69) is 20.8 Å². The molecule has 0 aliphatic rings. The van der Waals surface area contributed by atoms with Crippen LogP contribution in [0.25, 0.3) is 0 Å². The van der Waals surface area contributed by atoms with Gasteiger partial charge in [-0.3, -0.25) is 4.79 Å². The Kier molecular flexibility index (Phi) is 18.4. The molecule has 144 valence electrons. The SMILES string of the molecule is CCCCCCCCCCCCCCCC(=O)OCC(CC)CC. The van der Waals surface area contributed by atoms with Crippen LogP contribution < -0.4 is 0 Å². The Morgan fingerprint density at radius 1 is 0.667 bits per heavy atom. The lowest BCUT2D eigenvalue weighted by Crippen LogP contribution is -2.12. The van der Waals surface area contributed by atoms with E-state index in [1.165, 1.54) is 77.0 Å². The van der Waals surface area contributed by atoms with E-state index in [1.54, 1.807) is 0 Å². The van der Waals surface area contributed by atoms with Crippen LogP contribution in [-0.2, 0) is 9.53 Å². The number of carbonyl (C=O) groups is 1. The topological polar surface area (TPSA) is 26.3 Å². The molecule has 2 heteroatoms. The molecule has 24 heavy (non-hydrogen) atoms. The first-order valence-electron chi connectivity index (χ1n) is 10.9. The average Bonchev–Trinajstić information content (AvgIpc) is 2.60. The number of esters is 1. The highest BCUT2D eigenvalue weighted by Crippen LogP contribution is 2.13. The molecule has 0 rings (SSSR count). The quantitative estimate of drug-likeness (QED) is 0.191. The lowest BCUT2D eigenvalue weighted by molar-refractivity contribution is -0.145. The molecule has 0 N–H and O–H groups in total. The largest absolute Gasteiger partial charge is 0.465 e. The summed E-state index contributed by atoms with van der Waals surface area (Å²) in [5.41, 5.74) is 0. The predicted molar refractivity (Wildman–Crippen MR) is 105 cm³/mol. The Bertz CT molecular complexity index is 259. The highest BCUT2D eigenvalue weighted by molar-refractivity contribution is 5.69. The maximum Gasteiger partial charge on any atom is 0.305 e. The van der Waals surface area contributed by atoms with Gasteiger partial charge in [0.15, 0.2) is 0 Å². The van der Waals surface area contributed by atoms with Crippen molar-refractivity contribution in [1.82, 2.24) is 0 Å². The number of unbranched alkanes of at least 4 members (excludes halogenated alkanes) is 12. The third-order valence-electron chi connectivity index (χ3n) is 5.12. The molecule has 0 aliphatic carbocycles. The molecule has 2 nitrogen and oxygen atoms in total. The van der Waals surface area contributed by atoms with Crippen molar-refractivity contribution >= 4 is 5.97 Å². The van der Waals surface area contributed by atoms with E-state index in [0.717, 1.165) is 19.3 Å². The van der Waals surface area contributed by atoms with E-state index >= 15 is 0 Å². The van der Waals surface area contributed by atoms with Gasteiger partial charge in [-0.2, -0.15) is 0 Å². The van der Waals surface area contributed by atoms with Gasteiger partial charge in [-0.15, -0.1) is 0 Å². The molecule has 0 fully saturated rings. The van der Waals surface area contributed by atoms with Crippen molar-refractivity contribution in [3.05, 3.63) is 0 Å². The van der Waals surface area contributed by atoms with Crippen LogP contribution in [0.3, 0.4) is 0 Å². The summed E-state index contributed by atoms with van der Waals surface area (Å²) in [7, 11) is 0. The minimum Gasteiger partial charge on any atom is -0.465 e. The van der Waals surface area contributed by atoms with Gasteiger partial charge >= 0.3 is 5.97 Å². The van der Waals surface area contributed by atoms with Crippen LogP contribution >= 0.6 is 0 Å². The van der Waals surface area contributed by atoms with Gasteiger partial charge in [0.1, 0.15) is 0 Å². The van der Waals surface area contributed by atoms with Crippen LogP contribution in [0.1, 0.15) is 124 Å². The molecule has 0 bridgehead atoms. The molecule has 0 radical (unpaired) electrons. The van der Waals surface area contributed by atoms with E-state index in [-0.39, 0.29) is 5.97 Å². The summed E-state index contributed by atoms with van der Waals surface area (Å²) in [6.45, 7) is 7.21. The molecule has 0 aromatic carbocycles. The van der Waals surface area contributed by atoms with Gasteiger partial charge in [0.05, 0.1) is 6.61 Å². The number of ether oxygens (including phenoxy) is 1. The molecule has 0 aromatic heterocycles. The molecular formula is C22H44O2. The lowest BCUT2D eigenvalue weighted by Gasteiger charge is -2.12. The Balaban J connectivity index is 3.20. The fraction of sp³-hybridized carbons (Fsp3) is 0.955. The number of carbonyl (C=O) groups excluding carboxylic acids is 1. The number of rotatable bonds is 18. The van der Waals surface area contributed by atoms with Crippen molar-refractivity contribution in [2.45, 2.75) is 124 Å². The Morgan fingerprint density at radius 2 is 1.08 bits per heavy atom. The van der Waals surface area contributed by atoms with Crippen molar-refractivity contribution in [3.8, 4) is 0 Å². The van der Waals surface area contributed by atoms with E-state index < -0.39 is 0 Å². The number of hydrogen-bond donors (Lipinski definition) is 0. The van der Waals surface area contributed by atoms with Crippen molar-refractivity contribution in [2.75, 3.05) is 6.61 Å². The molecule has 0 saturated heterocycles. The van der Waals surface area contributed by atoms with Crippen molar-refractivity contribution in [1.29, 1.82) is 0 Å². The normalized spacial score (nSPS) is 11.2. The van der Waals surface area contributed by atoms with Crippen LogP contribution in [0.4, 0.5) is 0 Å². The van der Waals surface area contributed by atoms with E-state index in [4.69, 9.17) is 4.74 Å². The maximum atomic E-state index is 11.7. The van der Waals surface area contributed by atoms with Gasteiger partial charge in [0.2, 0.25) is 0 Å². The highest BCUT2D eigenvalue weighted by Gasteiger charge is 2.08. The molecule has 0 unspecified atom stereocenters. The van der Waals surface area contributed by atoms with Gasteiger partial charge in [-0.25, -0.2) is 0 Å². The third kappa shape index (κ3) is 16.3. The van der Waals surface area contributed by atoms with Gasteiger partial charge in [0, 0.05) is 6.42 Å². The monoisotopic (exact) mass is 340 g/mol. The summed E-state index contributed by atoms with van der Waals surface area (Å²) in [5.74, 6) is 0.547. The first-order chi connectivity index (χ1) is 11.7. The highest BCUT2D eigenvalue weighted by atomic mass is 16.5. The molecule has 0 amide bonds. The van der Waals surface area contributed by atoms with Crippen LogP contribution in [0.2, 0.25) is 0 Å². The van der Waals surface area contributed by atoms with Crippen LogP contribution in [0.15, 0.2) is 0 Å². The number of hydrogen-bond acceptors (Lipinski definition) is 2. The first kappa shape index (κ1) is 23.5. The summed E-state index contributed by atoms with van der Waals surface area (Å²) < 4.78 is 5.35. The zero-order valence-electron chi connectivity index (χ0n) is 16.9. The minimum absolute atomic E-state index is 0.00460. The van der Waals surface area contributed by atoms with Crippen molar-refractivity contribution in [3.63, 3.8) is 0 Å². The predicted octanol–water partition coefficient (Wildman–Crippen LogP) is 7.45. The molecule has 0 aromatic rings. The minimum atomic E-state index is 0.00460. The van der Waals surface area contributed by atoms with Crippen LogP contribution in [0, 0.1) is 5.92 Å². The Labute approximate surface area is 152 Å². The molecule has 0 atom stereocenters. The average molecular weight is 341 g/mol. The standard InChI is InChI=1S/C22H44O2/c1-4-7-8-9-10-11-12-13-14-15-16-17-18-19-22(23)24-20-21(5-2)6-3/h21H,4-20H2,1-3H3. The van der Waals surface area contributed by atoms with Crippen LogP contribution in [-0.4, -0.2) is 12.6 Å². The fourth-order valence-corrected chi connectivity index (χ4v) is 3.09. The Morgan fingerprint density at radius 3 is 1.50 bits per heavy atom. The van der Waals surface area contributed by atoms with Gasteiger partial charge < -0.3 is 4.74 Å². The van der Waals surface area contributed by atoms with Crippen LogP contribution in [0.5, 0.6) is 0 Å². The zero-order chi connectivity index (χ0) is 17.9. The maximum absolute atomic E-state index is 11.7. The van der Waals surface area contributed by atoms with E-state index in [9.17, 15) is 4.79 Å².